The zero-order chi connectivity index (χ0) is 7.84. The molecule has 0 radical (unpaired) electrons. The lowest BCUT2D eigenvalue weighted by molar-refractivity contribution is 0.776. The summed E-state index contributed by atoms with van der Waals surface area (Å²) in [7, 11) is 0. The van der Waals surface area contributed by atoms with Crippen LogP contribution in [-0.2, 0) is 0 Å². The maximum atomic E-state index is 4.16. The van der Waals surface area contributed by atoms with E-state index in [0.29, 0.717) is 0 Å². The van der Waals surface area contributed by atoms with Crippen LogP contribution in [0.1, 0.15) is 11.3 Å². The normalized spacial score (nSPS) is 10.7. The van der Waals surface area contributed by atoms with Gasteiger partial charge >= 0.3 is 0 Å². The van der Waals surface area contributed by atoms with E-state index in [1.54, 1.807) is 10.8 Å². The zero-order valence-electron chi connectivity index (χ0n) is 6.31. The Bertz CT molecular complexity index is 391. The highest BCUT2D eigenvalue weighted by Crippen LogP contribution is 2.07. The van der Waals surface area contributed by atoms with Gasteiger partial charge in [0.05, 0.1) is 5.69 Å². The Morgan fingerprint density at radius 2 is 2.18 bits per heavy atom. The predicted molar refractivity (Wildman–Crippen MR) is 38.1 cm³/mol. The van der Waals surface area contributed by atoms with Crippen molar-refractivity contribution in [2.45, 2.75) is 13.8 Å². The van der Waals surface area contributed by atoms with Crippen molar-refractivity contribution >= 4 is 5.65 Å². The molecule has 5 heteroatoms. The van der Waals surface area contributed by atoms with Gasteiger partial charge in [-0.15, -0.1) is 10.2 Å². The fourth-order valence-corrected chi connectivity index (χ4v) is 0.959. The molecule has 0 unspecified atom stereocenters. The van der Waals surface area contributed by atoms with E-state index in [2.05, 4.69) is 20.5 Å². The number of aryl methyl sites for hydroxylation is 2. The molecule has 0 aliphatic heterocycles. The predicted octanol–water partition coefficient (Wildman–Crippen LogP) is 0.136. The van der Waals surface area contributed by atoms with E-state index in [9.17, 15) is 0 Å². The number of nitrogens with zero attached hydrogens (tertiary/aromatic N) is 5. The van der Waals surface area contributed by atoms with Gasteiger partial charge in [-0.05, 0) is 19.1 Å². The first-order valence-electron chi connectivity index (χ1n) is 3.29. The van der Waals surface area contributed by atoms with Crippen molar-refractivity contribution < 1.29 is 0 Å². The Kier molecular flexibility index (Phi) is 1.12. The molecule has 0 spiro atoms. The second kappa shape index (κ2) is 1.98. The second-order valence-electron chi connectivity index (χ2n) is 2.40. The molecular weight excluding hydrogens is 142 g/mol. The van der Waals surface area contributed by atoms with E-state index < -0.39 is 0 Å². The standard InChI is InChI=1S/C6H7N5/c1-4-5(2)9-11-3-7-10-8-6(4)11/h3H,1-2H3. The van der Waals surface area contributed by atoms with Crippen molar-refractivity contribution in [3.8, 4) is 0 Å². The van der Waals surface area contributed by atoms with E-state index in [1.165, 1.54) is 0 Å². The van der Waals surface area contributed by atoms with Gasteiger partial charge in [0.25, 0.3) is 0 Å². The highest BCUT2D eigenvalue weighted by atomic mass is 15.4. The molecule has 0 bridgehead atoms. The van der Waals surface area contributed by atoms with Crippen molar-refractivity contribution in [2.75, 3.05) is 0 Å². The van der Waals surface area contributed by atoms with E-state index in [4.69, 9.17) is 0 Å². The first-order chi connectivity index (χ1) is 5.29. The third kappa shape index (κ3) is 0.772. The average Bonchev–Trinajstić information content (AvgIpc) is 2.30. The fraction of sp³-hybridized carbons (Fsp3) is 0.333. The molecule has 0 fully saturated rings. The Labute approximate surface area is 63.1 Å². The quantitative estimate of drug-likeness (QED) is 0.534. The minimum absolute atomic E-state index is 0.775. The van der Waals surface area contributed by atoms with E-state index >= 15 is 0 Å². The molecule has 5 nitrogen and oxygen atoms in total. The fourth-order valence-electron chi connectivity index (χ4n) is 0.959. The summed E-state index contributed by atoms with van der Waals surface area (Å²) in [4.78, 5) is 0. The summed E-state index contributed by atoms with van der Waals surface area (Å²) < 4.78 is 1.62. The van der Waals surface area contributed by atoms with Crippen molar-refractivity contribution in [2.24, 2.45) is 0 Å². The SMILES string of the molecule is Cc1nn2cnnnc2c1C. The van der Waals surface area contributed by atoms with Gasteiger partial charge in [0.2, 0.25) is 0 Å². The van der Waals surface area contributed by atoms with E-state index in [-0.39, 0.29) is 0 Å². The van der Waals surface area contributed by atoms with E-state index in [1.807, 2.05) is 13.8 Å². The van der Waals surface area contributed by atoms with E-state index in [0.717, 1.165) is 16.9 Å². The molecule has 0 aromatic carbocycles. The van der Waals surface area contributed by atoms with Gasteiger partial charge in [0.1, 0.15) is 6.33 Å². The third-order valence-electron chi connectivity index (χ3n) is 1.70. The van der Waals surface area contributed by atoms with Crippen LogP contribution in [0.25, 0.3) is 5.65 Å². The molecule has 0 saturated carbocycles. The summed E-state index contributed by atoms with van der Waals surface area (Å²) in [5.74, 6) is 0. The maximum absolute atomic E-state index is 4.16. The summed E-state index contributed by atoms with van der Waals surface area (Å²) in [5, 5.41) is 15.1. The van der Waals surface area contributed by atoms with Gasteiger partial charge in [-0.25, -0.2) is 0 Å². The summed E-state index contributed by atoms with van der Waals surface area (Å²) >= 11 is 0. The molecule has 2 heterocycles. The van der Waals surface area contributed by atoms with Crippen LogP contribution < -0.4 is 0 Å². The van der Waals surface area contributed by atoms with Gasteiger partial charge in [-0.1, -0.05) is 0 Å². The van der Waals surface area contributed by atoms with Crippen LogP contribution in [0.15, 0.2) is 6.33 Å². The van der Waals surface area contributed by atoms with Crippen LogP contribution >= 0.6 is 0 Å². The number of hydrogen-bond acceptors (Lipinski definition) is 4. The highest BCUT2D eigenvalue weighted by Gasteiger charge is 2.04. The Balaban J connectivity index is 2.92. The van der Waals surface area contributed by atoms with Gasteiger partial charge in [-0.3, -0.25) is 0 Å². The van der Waals surface area contributed by atoms with Crippen molar-refractivity contribution in [1.82, 2.24) is 25.0 Å². The van der Waals surface area contributed by atoms with Crippen LogP contribution in [0, 0.1) is 13.8 Å². The van der Waals surface area contributed by atoms with Crippen LogP contribution in [-0.4, -0.2) is 25.0 Å². The van der Waals surface area contributed by atoms with Gasteiger partial charge in [0, 0.05) is 5.56 Å². The lowest BCUT2D eigenvalue weighted by atomic mass is 10.3. The molecule has 11 heavy (non-hydrogen) atoms. The molecule has 2 rings (SSSR count). The van der Waals surface area contributed by atoms with Gasteiger partial charge in [-0.2, -0.15) is 9.61 Å². The van der Waals surface area contributed by atoms with Crippen molar-refractivity contribution in [1.29, 1.82) is 0 Å². The van der Waals surface area contributed by atoms with Gasteiger partial charge < -0.3 is 0 Å². The molecule has 0 aliphatic rings. The highest BCUT2D eigenvalue weighted by molar-refractivity contribution is 5.46. The molecule has 0 amide bonds. The van der Waals surface area contributed by atoms with Crippen LogP contribution in [0.4, 0.5) is 0 Å². The third-order valence-corrected chi connectivity index (χ3v) is 1.70. The monoisotopic (exact) mass is 149 g/mol. The van der Waals surface area contributed by atoms with Crippen LogP contribution in [0.3, 0.4) is 0 Å². The Morgan fingerprint density at radius 1 is 1.36 bits per heavy atom. The van der Waals surface area contributed by atoms with Crippen molar-refractivity contribution in [3.63, 3.8) is 0 Å². The smallest absolute Gasteiger partial charge is 0.184 e. The molecule has 0 atom stereocenters. The second-order valence-corrected chi connectivity index (χ2v) is 2.40. The molecule has 56 valence electrons. The van der Waals surface area contributed by atoms with Gasteiger partial charge in [0.15, 0.2) is 5.65 Å². The lowest BCUT2D eigenvalue weighted by Crippen LogP contribution is -1.94. The van der Waals surface area contributed by atoms with Crippen molar-refractivity contribution in [3.05, 3.63) is 17.6 Å². The Morgan fingerprint density at radius 3 is 2.91 bits per heavy atom. The molecular formula is C6H7N5. The first kappa shape index (κ1) is 6.21. The first-order valence-corrected chi connectivity index (χ1v) is 3.29. The number of rotatable bonds is 0. The largest absolute Gasteiger partial charge is 0.200 e. The number of aromatic nitrogens is 5. The Hall–Kier alpha value is -1.52. The number of hydrogen-bond donors (Lipinski definition) is 0. The molecule has 0 aliphatic carbocycles. The molecule has 0 N–H and O–H groups in total. The topological polar surface area (TPSA) is 56.0 Å². The molecule has 2 aromatic heterocycles. The minimum atomic E-state index is 0.775. The lowest BCUT2D eigenvalue weighted by Gasteiger charge is -1.85. The average molecular weight is 149 g/mol. The summed E-state index contributed by atoms with van der Waals surface area (Å²) in [5.41, 5.74) is 2.80. The zero-order valence-corrected chi connectivity index (χ0v) is 6.31. The summed E-state index contributed by atoms with van der Waals surface area (Å²) in [6.07, 6.45) is 1.54. The molecule has 0 saturated heterocycles. The maximum Gasteiger partial charge on any atom is 0.184 e. The number of fused-ring (bicyclic) bond motifs is 1. The summed E-state index contributed by atoms with van der Waals surface area (Å²) in [6, 6.07) is 0. The van der Waals surface area contributed by atoms with Crippen LogP contribution in [0.2, 0.25) is 0 Å². The van der Waals surface area contributed by atoms with Crippen LogP contribution in [0.5, 0.6) is 0 Å². The molecule has 2 aromatic rings. The minimum Gasteiger partial charge on any atom is -0.200 e. The summed E-state index contributed by atoms with van der Waals surface area (Å²) in [6.45, 7) is 3.90.